The first-order valence-electron chi connectivity index (χ1n) is 9.28. The molecule has 8 heteroatoms. The number of aromatic nitrogens is 6. The highest BCUT2D eigenvalue weighted by Gasteiger charge is 2.26. The average Bonchev–Trinajstić information content (AvgIpc) is 3.07. The summed E-state index contributed by atoms with van der Waals surface area (Å²) in [5, 5.41) is 7.53. The summed E-state index contributed by atoms with van der Waals surface area (Å²) in [6, 6.07) is 4.39. The number of nitrogens with one attached hydrogen (secondary N) is 1. The summed E-state index contributed by atoms with van der Waals surface area (Å²) in [7, 11) is 1.99. The van der Waals surface area contributed by atoms with Crippen molar-refractivity contribution in [2.24, 2.45) is 7.05 Å². The van der Waals surface area contributed by atoms with Gasteiger partial charge in [-0.2, -0.15) is 5.10 Å². The van der Waals surface area contributed by atoms with Gasteiger partial charge in [-0.05, 0) is 32.4 Å². The molecule has 1 saturated heterocycles. The Hall–Kier alpha value is -2.87. The van der Waals surface area contributed by atoms with Crippen molar-refractivity contribution in [2.45, 2.75) is 38.8 Å². The molecule has 140 valence electrons. The largest absolute Gasteiger partial charge is 0.324 e. The molecule has 8 nitrogen and oxygen atoms in total. The van der Waals surface area contributed by atoms with Crippen molar-refractivity contribution in [2.75, 3.05) is 11.9 Å². The second kappa shape index (κ2) is 7.79. The van der Waals surface area contributed by atoms with Gasteiger partial charge in [0.2, 0.25) is 0 Å². The predicted octanol–water partition coefficient (Wildman–Crippen LogP) is 2.78. The van der Waals surface area contributed by atoms with Crippen molar-refractivity contribution in [3.05, 3.63) is 54.1 Å². The van der Waals surface area contributed by atoms with E-state index in [1.807, 2.05) is 30.9 Å². The molecular weight excluding hydrogens is 340 g/mol. The quantitative estimate of drug-likeness (QED) is 0.745. The topological polar surface area (TPSA) is 84.7 Å². The molecule has 27 heavy (non-hydrogen) atoms. The molecule has 0 radical (unpaired) electrons. The van der Waals surface area contributed by atoms with E-state index < -0.39 is 0 Å². The van der Waals surface area contributed by atoms with Crippen LogP contribution in [0.1, 0.15) is 42.5 Å². The van der Waals surface area contributed by atoms with Gasteiger partial charge in [0, 0.05) is 38.2 Å². The molecule has 1 fully saturated rings. The minimum Gasteiger partial charge on any atom is -0.324 e. The lowest BCUT2D eigenvalue weighted by Gasteiger charge is -2.35. The zero-order chi connectivity index (χ0) is 18.6. The Labute approximate surface area is 158 Å². The van der Waals surface area contributed by atoms with Crippen LogP contribution in [-0.2, 0) is 13.6 Å². The number of rotatable bonds is 5. The van der Waals surface area contributed by atoms with Gasteiger partial charge in [-0.15, -0.1) is 0 Å². The lowest BCUT2D eigenvalue weighted by molar-refractivity contribution is 0.133. The SMILES string of the molecule is Cc1nc(Nc2cnccn2)cc([C@H]2CCCCN2Cc2ccnn2C)n1. The van der Waals surface area contributed by atoms with Gasteiger partial charge < -0.3 is 5.32 Å². The summed E-state index contributed by atoms with van der Waals surface area (Å²) in [4.78, 5) is 20.1. The van der Waals surface area contributed by atoms with E-state index in [-0.39, 0.29) is 6.04 Å². The smallest absolute Gasteiger partial charge is 0.150 e. The van der Waals surface area contributed by atoms with Gasteiger partial charge in [0.05, 0.1) is 23.6 Å². The molecule has 0 amide bonds. The van der Waals surface area contributed by atoms with Crippen LogP contribution >= 0.6 is 0 Å². The minimum absolute atomic E-state index is 0.276. The standard InChI is InChI=1S/C19H24N8/c1-14-23-16(11-18(24-14)25-19-12-20-8-9-21-19)17-5-3-4-10-27(17)13-15-6-7-22-26(15)2/h6-9,11-12,17H,3-5,10,13H2,1-2H3,(H,21,23,24,25)/t17-/m1/s1. The Bertz CT molecular complexity index is 892. The highest BCUT2D eigenvalue weighted by molar-refractivity contribution is 5.50. The van der Waals surface area contributed by atoms with Gasteiger partial charge in [0.15, 0.2) is 0 Å². The Morgan fingerprint density at radius 1 is 1.15 bits per heavy atom. The lowest BCUT2D eigenvalue weighted by atomic mass is 9.98. The van der Waals surface area contributed by atoms with Crippen molar-refractivity contribution >= 4 is 11.6 Å². The fourth-order valence-electron chi connectivity index (χ4n) is 3.60. The van der Waals surface area contributed by atoms with E-state index in [2.05, 4.69) is 36.3 Å². The number of hydrogen-bond donors (Lipinski definition) is 1. The van der Waals surface area contributed by atoms with Crippen molar-refractivity contribution in [1.29, 1.82) is 0 Å². The highest BCUT2D eigenvalue weighted by atomic mass is 15.3. The summed E-state index contributed by atoms with van der Waals surface area (Å²) >= 11 is 0. The molecule has 0 saturated carbocycles. The molecular formula is C19H24N8. The van der Waals surface area contributed by atoms with Crippen molar-refractivity contribution < 1.29 is 0 Å². The first-order valence-corrected chi connectivity index (χ1v) is 9.28. The second-order valence-electron chi connectivity index (χ2n) is 6.87. The van der Waals surface area contributed by atoms with E-state index in [9.17, 15) is 0 Å². The van der Waals surface area contributed by atoms with E-state index in [1.54, 1.807) is 18.6 Å². The number of anilines is 2. The fraction of sp³-hybridized carbons (Fsp3) is 0.421. The third-order valence-corrected chi connectivity index (χ3v) is 4.92. The fourth-order valence-corrected chi connectivity index (χ4v) is 3.60. The molecule has 0 aromatic carbocycles. The molecule has 4 rings (SSSR count). The second-order valence-corrected chi connectivity index (χ2v) is 6.87. The molecule has 0 spiro atoms. The Morgan fingerprint density at radius 3 is 2.85 bits per heavy atom. The Kier molecular flexibility index (Phi) is 5.06. The number of hydrogen-bond acceptors (Lipinski definition) is 7. The number of nitrogens with zero attached hydrogens (tertiary/aromatic N) is 7. The molecule has 1 N–H and O–H groups in total. The zero-order valence-electron chi connectivity index (χ0n) is 15.7. The van der Waals surface area contributed by atoms with Gasteiger partial charge in [-0.3, -0.25) is 14.6 Å². The molecule has 3 aromatic heterocycles. The highest BCUT2D eigenvalue weighted by Crippen LogP contribution is 2.32. The molecule has 1 aliphatic rings. The van der Waals surface area contributed by atoms with Gasteiger partial charge in [0.25, 0.3) is 0 Å². The summed E-state index contributed by atoms with van der Waals surface area (Å²) in [6.45, 7) is 3.86. The van der Waals surface area contributed by atoms with Gasteiger partial charge in [-0.1, -0.05) is 6.42 Å². The Morgan fingerprint density at radius 2 is 2.07 bits per heavy atom. The monoisotopic (exact) mass is 364 g/mol. The third-order valence-electron chi connectivity index (χ3n) is 4.92. The van der Waals surface area contributed by atoms with Crippen LogP contribution in [0.3, 0.4) is 0 Å². The van der Waals surface area contributed by atoms with Crippen LogP contribution in [0.15, 0.2) is 36.9 Å². The van der Waals surface area contributed by atoms with E-state index in [0.29, 0.717) is 5.82 Å². The summed E-state index contributed by atoms with van der Waals surface area (Å²) in [6.07, 6.45) is 10.4. The van der Waals surface area contributed by atoms with Crippen LogP contribution in [0.5, 0.6) is 0 Å². The third kappa shape index (κ3) is 4.11. The van der Waals surface area contributed by atoms with E-state index in [1.165, 1.54) is 18.5 Å². The number of piperidine rings is 1. The van der Waals surface area contributed by atoms with Crippen LogP contribution in [0.25, 0.3) is 0 Å². The van der Waals surface area contributed by atoms with Gasteiger partial charge >= 0.3 is 0 Å². The Balaban J connectivity index is 1.59. The molecule has 4 heterocycles. The van der Waals surface area contributed by atoms with E-state index in [4.69, 9.17) is 4.98 Å². The molecule has 1 atom stereocenters. The maximum Gasteiger partial charge on any atom is 0.150 e. The lowest BCUT2D eigenvalue weighted by Crippen LogP contribution is -2.34. The average molecular weight is 364 g/mol. The summed E-state index contributed by atoms with van der Waals surface area (Å²) in [5.74, 6) is 2.19. The van der Waals surface area contributed by atoms with E-state index >= 15 is 0 Å². The van der Waals surface area contributed by atoms with Gasteiger partial charge in [-0.25, -0.2) is 15.0 Å². The maximum atomic E-state index is 4.75. The summed E-state index contributed by atoms with van der Waals surface area (Å²) < 4.78 is 1.94. The molecule has 0 unspecified atom stereocenters. The zero-order valence-corrected chi connectivity index (χ0v) is 15.7. The van der Waals surface area contributed by atoms with Crippen LogP contribution in [0, 0.1) is 6.92 Å². The van der Waals surface area contributed by atoms with E-state index in [0.717, 1.165) is 36.8 Å². The number of aryl methyl sites for hydroxylation is 2. The van der Waals surface area contributed by atoms with Crippen molar-refractivity contribution in [3.8, 4) is 0 Å². The van der Waals surface area contributed by atoms with Crippen LogP contribution in [-0.4, -0.2) is 41.2 Å². The summed E-state index contributed by atoms with van der Waals surface area (Å²) in [5.41, 5.74) is 2.27. The molecule has 0 aliphatic carbocycles. The normalized spacial score (nSPS) is 17.8. The molecule has 0 bridgehead atoms. The van der Waals surface area contributed by atoms with Gasteiger partial charge in [0.1, 0.15) is 17.5 Å². The predicted molar refractivity (Wildman–Crippen MR) is 102 cm³/mol. The first kappa shape index (κ1) is 17.5. The van der Waals surface area contributed by atoms with Crippen LogP contribution in [0.2, 0.25) is 0 Å². The first-order chi connectivity index (χ1) is 13.2. The van der Waals surface area contributed by atoms with Crippen molar-refractivity contribution in [1.82, 2.24) is 34.6 Å². The number of likely N-dealkylation sites (tertiary alicyclic amines) is 1. The molecule has 3 aromatic rings. The van der Waals surface area contributed by atoms with Crippen LogP contribution < -0.4 is 5.32 Å². The van der Waals surface area contributed by atoms with Crippen molar-refractivity contribution in [3.63, 3.8) is 0 Å². The molecule has 1 aliphatic heterocycles. The maximum absolute atomic E-state index is 4.75. The minimum atomic E-state index is 0.276. The van der Waals surface area contributed by atoms with Crippen LogP contribution in [0.4, 0.5) is 11.6 Å².